The summed E-state index contributed by atoms with van der Waals surface area (Å²) >= 11 is 0. The summed E-state index contributed by atoms with van der Waals surface area (Å²) in [6.07, 6.45) is 9.74. The predicted molar refractivity (Wildman–Crippen MR) is 130 cm³/mol. The van der Waals surface area contributed by atoms with Crippen LogP contribution in [-0.4, -0.2) is 28.6 Å². The second-order valence-electron chi connectivity index (χ2n) is 8.58. The molecule has 5 nitrogen and oxygen atoms in total. The normalized spacial score (nSPS) is 14.4. The number of hydrogen-bond donors (Lipinski definition) is 1. The Hall–Kier alpha value is -3.54. The molecule has 5 rings (SSSR count). The highest BCUT2D eigenvalue weighted by atomic mass is 19.1. The predicted octanol–water partition coefficient (Wildman–Crippen LogP) is 6.50. The molecule has 6 heteroatoms. The van der Waals surface area contributed by atoms with Crippen LogP contribution in [0.3, 0.4) is 0 Å². The first-order valence-corrected chi connectivity index (χ1v) is 11.5. The van der Waals surface area contributed by atoms with Crippen LogP contribution in [-0.2, 0) is 0 Å². The van der Waals surface area contributed by atoms with E-state index in [0.717, 1.165) is 33.3 Å². The molecule has 0 radical (unpaired) electrons. The van der Waals surface area contributed by atoms with Gasteiger partial charge < -0.3 is 10.1 Å². The van der Waals surface area contributed by atoms with Gasteiger partial charge in [-0.2, -0.15) is 0 Å². The highest BCUT2D eigenvalue weighted by Crippen LogP contribution is 2.36. The van der Waals surface area contributed by atoms with Gasteiger partial charge in [-0.05, 0) is 66.3 Å². The molecule has 1 saturated carbocycles. The largest absolute Gasteiger partial charge is 0.491 e. The molecule has 168 valence electrons. The maximum absolute atomic E-state index is 13.5. The Balaban J connectivity index is 1.63. The molecule has 0 bridgehead atoms. The Morgan fingerprint density at radius 2 is 1.79 bits per heavy atom. The molecule has 0 atom stereocenters. The van der Waals surface area contributed by atoms with Gasteiger partial charge in [0.1, 0.15) is 22.9 Å². The van der Waals surface area contributed by atoms with Crippen LogP contribution >= 0.6 is 0 Å². The second-order valence-corrected chi connectivity index (χ2v) is 8.58. The lowest BCUT2D eigenvalue weighted by molar-refractivity contribution is 0.210. The fraction of sp³-hybridized carbons (Fsp3) is 0.296. The van der Waals surface area contributed by atoms with Gasteiger partial charge in [-0.3, -0.25) is 4.98 Å². The van der Waals surface area contributed by atoms with Gasteiger partial charge in [-0.25, -0.2) is 14.4 Å². The first kappa shape index (κ1) is 21.3. The topological polar surface area (TPSA) is 59.9 Å². The molecule has 0 saturated heterocycles. The van der Waals surface area contributed by atoms with Gasteiger partial charge in [0.25, 0.3) is 0 Å². The second kappa shape index (κ2) is 9.53. The summed E-state index contributed by atoms with van der Waals surface area (Å²) in [6, 6.07) is 14.4. The van der Waals surface area contributed by atoms with E-state index in [4.69, 9.17) is 14.7 Å². The van der Waals surface area contributed by atoms with Crippen LogP contribution in [0, 0.1) is 11.7 Å². The molecule has 1 N–H and O–H groups in total. The average molecular weight is 443 g/mol. The van der Waals surface area contributed by atoms with E-state index in [2.05, 4.69) is 10.3 Å². The van der Waals surface area contributed by atoms with Crippen LogP contribution in [0.1, 0.15) is 32.1 Å². The quantitative estimate of drug-likeness (QED) is 0.369. The third kappa shape index (κ3) is 4.65. The molecule has 2 heterocycles. The van der Waals surface area contributed by atoms with Crippen molar-refractivity contribution in [1.82, 2.24) is 15.0 Å². The van der Waals surface area contributed by atoms with Crippen molar-refractivity contribution < 1.29 is 9.13 Å². The molecule has 0 spiro atoms. The van der Waals surface area contributed by atoms with Crippen molar-refractivity contribution in [3.63, 3.8) is 0 Å². The van der Waals surface area contributed by atoms with Crippen LogP contribution in [0.4, 0.5) is 10.2 Å². The molecule has 2 aromatic carbocycles. The van der Waals surface area contributed by atoms with E-state index >= 15 is 0 Å². The molecule has 33 heavy (non-hydrogen) atoms. The van der Waals surface area contributed by atoms with Gasteiger partial charge >= 0.3 is 0 Å². The summed E-state index contributed by atoms with van der Waals surface area (Å²) in [5.41, 5.74) is 3.46. The maximum Gasteiger partial charge on any atom is 0.163 e. The van der Waals surface area contributed by atoms with E-state index in [1.165, 1.54) is 44.2 Å². The van der Waals surface area contributed by atoms with Crippen LogP contribution in [0.15, 0.2) is 60.9 Å². The van der Waals surface area contributed by atoms with Crippen molar-refractivity contribution in [1.29, 1.82) is 0 Å². The zero-order valence-corrected chi connectivity index (χ0v) is 18.7. The van der Waals surface area contributed by atoms with Crippen LogP contribution in [0.2, 0.25) is 0 Å². The van der Waals surface area contributed by atoms with E-state index in [1.54, 1.807) is 24.5 Å². The van der Waals surface area contributed by atoms with E-state index in [1.807, 2.05) is 31.3 Å². The van der Waals surface area contributed by atoms with Gasteiger partial charge in [0.15, 0.2) is 5.82 Å². The molecule has 4 aromatic rings. The molecule has 0 amide bonds. The summed E-state index contributed by atoms with van der Waals surface area (Å²) in [5.74, 6) is 2.34. The van der Waals surface area contributed by atoms with Gasteiger partial charge in [-0.1, -0.05) is 31.4 Å². The third-order valence-electron chi connectivity index (χ3n) is 6.30. The summed E-state index contributed by atoms with van der Waals surface area (Å²) in [4.78, 5) is 13.9. The Bertz CT molecular complexity index is 1240. The van der Waals surface area contributed by atoms with Crippen LogP contribution in [0.5, 0.6) is 5.75 Å². The number of aromatic nitrogens is 3. The number of ether oxygens (including phenoxy) is 1. The minimum absolute atomic E-state index is 0.256. The zero-order valence-electron chi connectivity index (χ0n) is 18.7. The van der Waals surface area contributed by atoms with Gasteiger partial charge in [0, 0.05) is 30.4 Å². The number of hydrogen-bond acceptors (Lipinski definition) is 5. The molecular formula is C27H27FN4O. The Morgan fingerprint density at radius 3 is 2.52 bits per heavy atom. The van der Waals surface area contributed by atoms with Gasteiger partial charge in [0.2, 0.25) is 0 Å². The lowest BCUT2D eigenvalue weighted by atomic mass is 9.90. The SMILES string of the molecule is CNc1nc(-c2cccnc2)nc2c(OCC3CCCCC3)cc(-c3ccc(F)cc3)cc12. The van der Waals surface area contributed by atoms with E-state index in [9.17, 15) is 4.39 Å². The number of benzene rings is 2. The van der Waals surface area contributed by atoms with Crippen LogP contribution < -0.4 is 10.1 Å². The number of anilines is 1. The Kier molecular flexibility index (Phi) is 6.15. The highest BCUT2D eigenvalue weighted by molar-refractivity contribution is 5.97. The number of rotatable bonds is 6. The average Bonchev–Trinajstić information content (AvgIpc) is 2.88. The number of pyridine rings is 1. The zero-order chi connectivity index (χ0) is 22.6. The molecule has 1 fully saturated rings. The molecular weight excluding hydrogens is 415 g/mol. The smallest absolute Gasteiger partial charge is 0.163 e. The summed E-state index contributed by atoms with van der Waals surface area (Å²) in [5, 5.41) is 4.08. The monoisotopic (exact) mass is 442 g/mol. The lowest BCUT2D eigenvalue weighted by Crippen LogP contribution is -2.15. The summed E-state index contributed by atoms with van der Waals surface area (Å²) in [7, 11) is 1.85. The number of nitrogens with one attached hydrogen (secondary N) is 1. The standard InChI is InChI=1S/C27H27FN4O/c1-29-27-23-14-21(19-9-11-22(28)12-10-19)15-24(33-17-18-6-3-2-4-7-18)25(23)31-26(32-27)20-8-5-13-30-16-20/h5,8-16,18H,2-4,6-7,17H2,1H3,(H,29,31,32). The molecule has 1 aliphatic rings. The Labute approximate surface area is 193 Å². The van der Waals surface area contributed by atoms with Gasteiger partial charge in [0.05, 0.1) is 6.61 Å². The first-order chi connectivity index (χ1) is 16.2. The highest BCUT2D eigenvalue weighted by Gasteiger charge is 2.18. The Morgan fingerprint density at radius 1 is 0.970 bits per heavy atom. The minimum atomic E-state index is -0.256. The fourth-order valence-electron chi connectivity index (χ4n) is 4.50. The molecule has 2 aromatic heterocycles. The summed E-state index contributed by atoms with van der Waals surface area (Å²) in [6.45, 7) is 0.670. The van der Waals surface area contributed by atoms with E-state index in [0.29, 0.717) is 24.2 Å². The fourth-order valence-corrected chi connectivity index (χ4v) is 4.50. The van der Waals surface area contributed by atoms with Crippen molar-refractivity contribution in [3.8, 4) is 28.3 Å². The van der Waals surface area contributed by atoms with Crippen molar-refractivity contribution >= 4 is 16.7 Å². The first-order valence-electron chi connectivity index (χ1n) is 11.5. The van der Waals surface area contributed by atoms with Crippen molar-refractivity contribution in [3.05, 3.63) is 66.7 Å². The number of halogens is 1. The lowest BCUT2D eigenvalue weighted by Gasteiger charge is -2.22. The van der Waals surface area contributed by atoms with Gasteiger partial charge in [-0.15, -0.1) is 0 Å². The third-order valence-corrected chi connectivity index (χ3v) is 6.30. The summed E-state index contributed by atoms with van der Waals surface area (Å²) < 4.78 is 20.0. The van der Waals surface area contributed by atoms with Crippen molar-refractivity contribution in [2.24, 2.45) is 5.92 Å². The minimum Gasteiger partial charge on any atom is -0.491 e. The maximum atomic E-state index is 13.5. The van der Waals surface area contributed by atoms with Crippen molar-refractivity contribution in [2.75, 3.05) is 19.0 Å². The van der Waals surface area contributed by atoms with E-state index in [-0.39, 0.29) is 5.82 Å². The number of fused-ring (bicyclic) bond motifs is 1. The van der Waals surface area contributed by atoms with Crippen LogP contribution in [0.25, 0.3) is 33.4 Å². The molecule has 0 aliphatic heterocycles. The molecule has 0 unspecified atom stereocenters. The van der Waals surface area contributed by atoms with Crippen molar-refractivity contribution in [2.45, 2.75) is 32.1 Å². The number of nitrogens with zero attached hydrogens (tertiary/aromatic N) is 3. The van der Waals surface area contributed by atoms with E-state index < -0.39 is 0 Å². The molecule has 1 aliphatic carbocycles.